The van der Waals surface area contributed by atoms with Gasteiger partial charge in [0.2, 0.25) is 0 Å². The van der Waals surface area contributed by atoms with E-state index >= 15 is 0 Å². The van der Waals surface area contributed by atoms with Crippen LogP contribution in [0.3, 0.4) is 0 Å². The van der Waals surface area contributed by atoms with E-state index in [9.17, 15) is 0 Å². The van der Waals surface area contributed by atoms with Gasteiger partial charge in [-0.3, -0.25) is 0 Å². The number of piperazine rings is 1. The number of hydrogen-bond acceptors (Lipinski definition) is 5. The zero-order valence-electron chi connectivity index (χ0n) is 11.9. The molecule has 0 radical (unpaired) electrons. The van der Waals surface area contributed by atoms with Crippen molar-refractivity contribution in [2.45, 2.75) is 6.42 Å². The van der Waals surface area contributed by atoms with Crippen molar-refractivity contribution in [3.8, 4) is 17.6 Å². The predicted molar refractivity (Wildman–Crippen MR) is 77.1 cm³/mol. The van der Waals surface area contributed by atoms with Gasteiger partial charge in [-0.15, -0.1) is 0 Å². The Hall–Kier alpha value is -1.77. The van der Waals surface area contributed by atoms with Crippen molar-refractivity contribution in [3.63, 3.8) is 0 Å². The van der Waals surface area contributed by atoms with E-state index < -0.39 is 0 Å². The molecule has 1 N–H and O–H groups in total. The number of methoxy groups -OCH3 is 1. The fourth-order valence-electron chi connectivity index (χ4n) is 2.26. The fraction of sp³-hybridized carbons (Fsp3) is 0.533. The van der Waals surface area contributed by atoms with E-state index in [2.05, 4.69) is 16.3 Å². The van der Waals surface area contributed by atoms with Crippen LogP contribution in [0.15, 0.2) is 18.2 Å². The summed E-state index contributed by atoms with van der Waals surface area (Å²) in [5.74, 6) is 1.32. The minimum Gasteiger partial charge on any atom is -0.493 e. The summed E-state index contributed by atoms with van der Waals surface area (Å²) in [5.41, 5.74) is 0.579. The molecule has 5 heteroatoms. The quantitative estimate of drug-likeness (QED) is 0.792. The number of ether oxygens (including phenoxy) is 2. The van der Waals surface area contributed by atoms with Gasteiger partial charge in [0, 0.05) is 38.8 Å². The average molecular weight is 275 g/mol. The smallest absolute Gasteiger partial charge is 0.162 e. The first-order chi connectivity index (χ1) is 9.83. The molecule has 2 rings (SSSR count). The molecule has 0 bridgehead atoms. The van der Waals surface area contributed by atoms with E-state index in [-0.39, 0.29) is 0 Å². The zero-order valence-corrected chi connectivity index (χ0v) is 11.9. The standard InChI is InChI=1S/C15H21N3O2/c1-19-15-11-13(12-16)3-4-14(15)20-10-2-7-18-8-5-17-6-9-18/h3-4,11,17H,2,5-10H2,1H3. The van der Waals surface area contributed by atoms with Crippen molar-refractivity contribution in [1.29, 1.82) is 5.26 Å². The Balaban J connectivity index is 1.77. The Labute approximate surface area is 120 Å². The van der Waals surface area contributed by atoms with Gasteiger partial charge >= 0.3 is 0 Å². The lowest BCUT2D eigenvalue weighted by atomic mass is 10.2. The predicted octanol–water partition coefficient (Wildman–Crippen LogP) is 1.24. The molecule has 0 atom stereocenters. The molecule has 108 valence electrons. The first-order valence-electron chi connectivity index (χ1n) is 6.97. The van der Waals surface area contributed by atoms with E-state index in [1.807, 2.05) is 0 Å². The van der Waals surface area contributed by atoms with Gasteiger partial charge in [0.1, 0.15) is 0 Å². The van der Waals surface area contributed by atoms with Gasteiger partial charge in [0.25, 0.3) is 0 Å². The molecular weight excluding hydrogens is 254 g/mol. The summed E-state index contributed by atoms with van der Waals surface area (Å²) in [4.78, 5) is 2.44. The highest BCUT2D eigenvalue weighted by Crippen LogP contribution is 2.27. The SMILES string of the molecule is COc1cc(C#N)ccc1OCCCN1CCNCC1. The number of nitriles is 1. The molecule has 0 saturated carbocycles. The van der Waals surface area contributed by atoms with Gasteiger partial charge in [-0.25, -0.2) is 0 Å². The molecule has 1 saturated heterocycles. The second kappa shape index (κ2) is 7.73. The number of benzene rings is 1. The second-order valence-electron chi connectivity index (χ2n) is 4.77. The maximum atomic E-state index is 8.85. The molecular formula is C15H21N3O2. The molecule has 0 aliphatic carbocycles. The van der Waals surface area contributed by atoms with Crippen molar-refractivity contribution < 1.29 is 9.47 Å². The van der Waals surface area contributed by atoms with Gasteiger partial charge in [0.05, 0.1) is 25.3 Å². The molecule has 0 unspecified atom stereocenters. The van der Waals surface area contributed by atoms with Crippen LogP contribution in [0.2, 0.25) is 0 Å². The molecule has 5 nitrogen and oxygen atoms in total. The molecule has 1 aromatic carbocycles. The highest BCUT2D eigenvalue weighted by molar-refractivity contribution is 5.46. The summed E-state index contributed by atoms with van der Waals surface area (Å²) in [7, 11) is 1.59. The van der Waals surface area contributed by atoms with Crippen LogP contribution < -0.4 is 14.8 Å². The largest absolute Gasteiger partial charge is 0.493 e. The molecule has 1 aromatic rings. The molecule has 1 aliphatic rings. The molecule has 1 aliphatic heterocycles. The van der Waals surface area contributed by atoms with Crippen LogP contribution in [0.4, 0.5) is 0 Å². The lowest BCUT2D eigenvalue weighted by Crippen LogP contribution is -2.43. The van der Waals surface area contributed by atoms with Crippen molar-refractivity contribution in [2.24, 2.45) is 0 Å². The Morgan fingerprint density at radius 3 is 2.80 bits per heavy atom. The average Bonchev–Trinajstić information content (AvgIpc) is 2.52. The van der Waals surface area contributed by atoms with Crippen LogP contribution >= 0.6 is 0 Å². The van der Waals surface area contributed by atoms with Crippen LogP contribution in [-0.4, -0.2) is 51.3 Å². The van der Waals surface area contributed by atoms with Crippen LogP contribution in [-0.2, 0) is 0 Å². The first kappa shape index (κ1) is 14.6. The van der Waals surface area contributed by atoms with Crippen LogP contribution in [0, 0.1) is 11.3 Å². The topological polar surface area (TPSA) is 57.5 Å². The number of nitrogens with zero attached hydrogens (tertiary/aromatic N) is 2. The van der Waals surface area contributed by atoms with E-state index in [0.29, 0.717) is 23.7 Å². The molecule has 20 heavy (non-hydrogen) atoms. The third kappa shape index (κ3) is 4.12. The molecule has 0 amide bonds. The summed E-state index contributed by atoms with van der Waals surface area (Å²) in [6, 6.07) is 7.33. The minimum atomic E-state index is 0.579. The van der Waals surface area contributed by atoms with E-state index in [1.54, 1.807) is 25.3 Å². The summed E-state index contributed by atoms with van der Waals surface area (Å²) in [5, 5.41) is 12.2. The lowest BCUT2D eigenvalue weighted by molar-refractivity contribution is 0.211. The first-order valence-corrected chi connectivity index (χ1v) is 6.97. The highest BCUT2D eigenvalue weighted by atomic mass is 16.5. The van der Waals surface area contributed by atoms with E-state index in [4.69, 9.17) is 14.7 Å². The number of hydrogen-bond donors (Lipinski definition) is 1. The van der Waals surface area contributed by atoms with Crippen molar-refractivity contribution in [3.05, 3.63) is 23.8 Å². The Kier molecular flexibility index (Phi) is 5.66. The summed E-state index contributed by atoms with van der Waals surface area (Å²) in [6.07, 6.45) is 0.989. The summed E-state index contributed by atoms with van der Waals surface area (Å²) >= 11 is 0. The molecule has 0 aromatic heterocycles. The minimum absolute atomic E-state index is 0.579. The normalized spacial score (nSPS) is 15.6. The monoisotopic (exact) mass is 275 g/mol. The van der Waals surface area contributed by atoms with Gasteiger partial charge in [0.15, 0.2) is 11.5 Å². The van der Waals surface area contributed by atoms with Gasteiger partial charge in [-0.1, -0.05) is 0 Å². The third-order valence-corrected chi connectivity index (χ3v) is 3.38. The second-order valence-corrected chi connectivity index (χ2v) is 4.77. The molecule has 0 spiro atoms. The van der Waals surface area contributed by atoms with Gasteiger partial charge in [-0.2, -0.15) is 5.26 Å². The number of rotatable bonds is 6. The van der Waals surface area contributed by atoms with Crippen molar-refractivity contribution in [2.75, 3.05) is 46.4 Å². The fourth-order valence-corrected chi connectivity index (χ4v) is 2.26. The highest BCUT2D eigenvalue weighted by Gasteiger charge is 2.09. The Bertz CT molecular complexity index is 465. The Morgan fingerprint density at radius 1 is 1.30 bits per heavy atom. The number of nitrogens with one attached hydrogen (secondary N) is 1. The lowest BCUT2D eigenvalue weighted by Gasteiger charge is -2.27. The molecule has 1 fully saturated rings. The van der Waals surface area contributed by atoms with Gasteiger partial charge < -0.3 is 19.7 Å². The van der Waals surface area contributed by atoms with Crippen LogP contribution in [0.5, 0.6) is 11.5 Å². The van der Waals surface area contributed by atoms with E-state index in [0.717, 1.165) is 39.1 Å². The van der Waals surface area contributed by atoms with Crippen LogP contribution in [0.1, 0.15) is 12.0 Å². The summed E-state index contributed by atoms with van der Waals surface area (Å²) < 4.78 is 11.0. The van der Waals surface area contributed by atoms with Gasteiger partial charge in [-0.05, 0) is 18.6 Å². The maximum absolute atomic E-state index is 8.85. The molecule has 1 heterocycles. The van der Waals surface area contributed by atoms with Crippen molar-refractivity contribution in [1.82, 2.24) is 10.2 Å². The third-order valence-electron chi connectivity index (χ3n) is 3.38. The summed E-state index contributed by atoms with van der Waals surface area (Å²) in [6.45, 7) is 6.08. The van der Waals surface area contributed by atoms with Crippen molar-refractivity contribution >= 4 is 0 Å². The van der Waals surface area contributed by atoms with Crippen LogP contribution in [0.25, 0.3) is 0 Å². The maximum Gasteiger partial charge on any atom is 0.162 e. The Morgan fingerprint density at radius 2 is 2.10 bits per heavy atom. The zero-order chi connectivity index (χ0) is 14.2. The van der Waals surface area contributed by atoms with E-state index in [1.165, 1.54) is 0 Å².